The van der Waals surface area contributed by atoms with Crippen molar-refractivity contribution in [3.05, 3.63) is 48.0 Å². The van der Waals surface area contributed by atoms with E-state index < -0.39 is 21.4 Å². The number of aromatic nitrogens is 2. The molecule has 0 aliphatic carbocycles. The molecule has 0 fully saturated rings. The van der Waals surface area contributed by atoms with E-state index in [1.165, 1.54) is 12.1 Å². The first-order valence-corrected chi connectivity index (χ1v) is 7.18. The summed E-state index contributed by atoms with van der Waals surface area (Å²) in [5, 5.41) is 12.8. The van der Waals surface area contributed by atoms with Crippen LogP contribution in [0.2, 0.25) is 0 Å². The Hall–Kier alpha value is -2.24. The number of nitrogens with one attached hydrogen (secondary N) is 1. The molecule has 0 aliphatic rings. The molecule has 0 atom stereocenters. The van der Waals surface area contributed by atoms with Gasteiger partial charge >= 0.3 is 0 Å². The molecule has 0 spiro atoms. The first-order valence-electron chi connectivity index (χ1n) is 5.70. The topological polar surface area (TPSA) is 87.8 Å². The average molecular weight is 294 g/mol. The summed E-state index contributed by atoms with van der Waals surface area (Å²) >= 11 is 0. The van der Waals surface area contributed by atoms with Gasteiger partial charge in [0.25, 0.3) is 0 Å². The standard InChI is InChI=1S/C12H11FN4O2S/c13-11-3-1-4-12(10(11)9-14)20(18,19)16-6-8-17-7-2-5-15-17/h1-5,7,16H,6,8H2. The van der Waals surface area contributed by atoms with Crippen LogP contribution < -0.4 is 4.72 Å². The molecule has 0 bridgehead atoms. The number of rotatable bonds is 5. The van der Waals surface area contributed by atoms with E-state index >= 15 is 0 Å². The highest BCUT2D eigenvalue weighted by atomic mass is 32.2. The fourth-order valence-corrected chi connectivity index (χ4v) is 2.83. The molecule has 104 valence electrons. The Morgan fingerprint density at radius 2 is 2.20 bits per heavy atom. The van der Waals surface area contributed by atoms with Gasteiger partial charge in [-0.05, 0) is 18.2 Å². The summed E-state index contributed by atoms with van der Waals surface area (Å²) in [6.07, 6.45) is 3.27. The Morgan fingerprint density at radius 3 is 2.85 bits per heavy atom. The minimum absolute atomic E-state index is 0.0887. The molecule has 1 heterocycles. The normalized spacial score (nSPS) is 11.2. The Kier molecular flexibility index (Phi) is 4.12. The van der Waals surface area contributed by atoms with Crippen LogP contribution in [0.25, 0.3) is 0 Å². The van der Waals surface area contributed by atoms with Crippen molar-refractivity contribution in [2.24, 2.45) is 0 Å². The van der Waals surface area contributed by atoms with Crippen LogP contribution in [0.1, 0.15) is 5.56 Å². The summed E-state index contributed by atoms with van der Waals surface area (Å²) in [5.41, 5.74) is -0.487. The predicted molar refractivity (Wildman–Crippen MR) is 68.5 cm³/mol. The molecule has 0 radical (unpaired) electrons. The fourth-order valence-electron chi connectivity index (χ4n) is 1.64. The number of halogens is 1. The fraction of sp³-hybridized carbons (Fsp3) is 0.167. The SMILES string of the molecule is N#Cc1c(F)cccc1S(=O)(=O)NCCn1cccn1. The number of nitrogens with zero attached hydrogens (tertiary/aromatic N) is 3. The van der Waals surface area contributed by atoms with Gasteiger partial charge in [0.2, 0.25) is 10.0 Å². The van der Waals surface area contributed by atoms with E-state index in [1.54, 1.807) is 29.2 Å². The van der Waals surface area contributed by atoms with E-state index in [4.69, 9.17) is 5.26 Å². The van der Waals surface area contributed by atoms with Crippen molar-refractivity contribution in [3.8, 4) is 6.07 Å². The monoisotopic (exact) mass is 294 g/mol. The average Bonchev–Trinajstić information content (AvgIpc) is 2.91. The highest BCUT2D eigenvalue weighted by Crippen LogP contribution is 2.17. The summed E-state index contributed by atoms with van der Waals surface area (Å²) in [6, 6.07) is 6.76. The minimum atomic E-state index is -3.93. The molecule has 2 rings (SSSR count). The number of hydrogen-bond donors (Lipinski definition) is 1. The molecule has 2 aromatic rings. The van der Waals surface area contributed by atoms with E-state index in [2.05, 4.69) is 9.82 Å². The second-order valence-electron chi connectivity index (χ2n) is 3.89. The first-order chi connectivity index (χ1) is 9.54. The third-order valence-electron chi connectivity index (χ3n) is 2.57. The number of sulfonamides is 1. The second kappa shape index (κ2) is 5.81. The van der Waals surface area contributed by atoms with E-state index in [0.29, 0.717) is 6.54 Å². The maximum atomic E-state index is 13.4. The lowest BCUT2D eigenvalue weighted by Gasteiger charge is -2.08. The van der Waals surface area contributed by atoms with Gasteiger partial charge in [-0.25, -0.2) is 17.5 Å². The molecule has 0 unspecified atom stereocenters. The molecular weight excluding hydrogens is 283 g/mol. The van der Waals surface area contributed by atoms with Gasteiger partial charge in [-0.3, -0.25) is 4.68 Å². The van der Waals surface area contributed by atoms with Crippen LogP contribution in [-0.2, 0) is 16.6 Å². The summed E-state index contributed by atoms with van der Waals surface area (Å²) in [7, 11) is -3.93. The molecule has 0 aliphatic heterocycles. The van der Waals surface area contributed by atoms with Crippen molar-refractivity contribution in [1.29, 1.82) is 5.26 Å². The number of nitriles is 1. The lowest BCUT2D eigenvalue weighted by atomic mass is 10.2. The third-order valence-corrected chi connectivity index (χ3v) is 4.07. The van der Waals surface area contributed by atoms with Crippen LogP contribution in [0.4, 0.5) is 4.39 Å². The van der Waals surface area contributed by atoms with Crippen LogP contribution >= 0.6 is 0 Å². The molecule has 0 saturated heterocycles. The van der Waals surface area contributed by atoms with Gasteiger partial charge in [0.05, 0.1) is 6.54 Å². The van der Waals surface area contributed by atoms with E-state index in [-0.39, 0.29) is 11.4 Å². The van der Waals surface area contributed by atoms with Gasteiger partial charge in [-0.1, -0.05) is 6.07 Å². The zero-order valence-electron chi connectivity index (χ0n) is 10.3. The lowest BCUT2D eigenvalue weighted by molar-refractivity contribution is 0.558. The van der Waals surface area contributed by atoms with Gasteiger partial charge in [-0.2, -0.15) is 10.4 Å². The number of benzene rings is 1. The van der Waals surface area contributed by atoms with Crippen LogP contribution in [0, 0.1) is 17.1 Å². The molecule has 8 heteroatoms. The van der Waals surface area contributed by atoms with Gasteiger partial charge in [0.1, 0.15) is 22.3 Å². The quantitative estimate of drug-likeness (QED) is 0.886. The first kappa shape index (κ1) is 14.2. The Morgan fingerprint density at radius 1 is 1.40 bits per heavy atom. The lowest BCUT2D eigenvalue weighted by Crippen LogP contribution is -2.28. The van der Waals surface area contributed by atoms with Crippen molar-refractivity contribution in [1.82, 2.24) is 14.5 Å². The van der Waals surface area contributed by atoms with Gasteiger partial charge < -0.3 is 0 Å². The van der Waals surface area contributed by atoms with Crippen LogP contribution in [-0.4, -0.2) is 24.7 Å². The molecule has 0 amide bonds. The molecular formula is C12H11FN4O2S. The maximum absolute atomic E-state index is 13.4. The van der Waals surface area contributed by atoms with Crippen molar-refractivity contribution in [2.75, 3.05) is 6.54 Å². The molecule has 20 heavy (non-hydrogen) atoms. The highest BCUT2D eigenvalue weighted by molar-refractivity contribution is 7.89. The number of hydrogen-bond acceptors (Lipinski definition) is 4. The smallest absolute Gasteiger partial charge is 0.242 e. The van der Waals surface area contributed by atoms with Crippen LogP contribution in [0.3, 0.4) is 0 Å². The van der Waals surface area contributed by atoms with Crippen molar-refractivity contribution < 1.29 is 12.8 Å². The predicted octanol–water partition coefficient (Wildman–Crippen LogP) is 0.872. The highest BCUT2D eigenvalue weighted by Gasteiger charge is 2.20. The minimum Gasteiger partial charge on any atom is -0.271 e. The molecule has 1 aromatic carbocycles. The zero-order chi connectivity index (χ0) is 14.6. The second-order valence-corrected chi connectivity index (χ2v) is 5.63. The molecule has 1 aromatic heterocycles. The molecule has 0 saturated carbocycles. The summed E-state index contributed by atoms with van der Waals surface area (Å²) in [4.78, 5) is -0.361. The van der Waals surface area contributed by atoms with E-state index in [9.17, 15) is 12.8 Å². The van der Waals surface area contributed by atoms with Crippen molar-refractivity contribution >= 4 is 10.0 Å². The third kappa shape index (κ3) is 3.01. The molecule has 6 nitrogen and oxygen atoms in total. The van der Waals surface area contributed by atoms with Crippen molar-refractivity contribution in [3.63, 3.8) is 0 Å². The largest absolute Gasteiger partial charge is 0.271 e. The van der Waals surface area contributed by atoms with Crippen LogP contribution in [0.5, 0.6) is 0 Å². The summed E-state index contributed by atoms with van der Waals surface area (Å²) in [5.74, 6) is -0.859. The zero-order valence-corrected chi connectivity index (χ0v) is 11.1. The Balaban J connectivity index is 2.15. The summed E-state index contributed by atoms with van der Waals surface area (Å²) < 4.78 is 41.3. The van der Waals surface area contributed by atoms with Gasteiger partial charge in [0, 0.05) is 18.9 Å². The maximum Gasteiger partial charge on any atom is 0.242 e. The van der Waals surface area contributed by atoms with Gasteiger partial charge in [-0.15, -0.1) is 0 Å². The van der Waals surface area contributed by atoms with Gasteiger partial charge in [0.15, 0.2) is 0 Å². The van der Waals surface area contributed by atoms with Crippen molar-refractivity contribution in [2.45, 2.75) is 11.4 Å². The molecule has 1 N–H and O–H groups in total. The Labute approximate surface area is 115 Å². The van der Waals surface area contributed by atoms with Crippen LogP contribution in [0.15, 0.2) is 41.6 Å². The summed E-state index contributed by atoms with van der Waals surface area (Å²) in [6.45, 7) is 0.425. The van der Waals surface area contributed by atoms with E-state index in [0.717, 1.165) is 6.07 Å². The Bertz CT molecular complexity index is 735. The van der Waals surface area contributed by atoms with E-state index in [1.807, 2.05) is 0 Å².